The van der Waals surface area contributed by atoms with Gasteiger partial charge in [-0.25, -0.2) is 9.97 Å². The van der Waals surface area contributed by atoms with Gasteiger partial charge in [-0.05, 0) is 31.2 Å². The van der Waals surface area contributed by atoms with Gasteiger partial charge in [0, 0.05) is 59.5 Å². The van der Waals surface area contributed by atoms with E-state index in [-0.39, 0.29) is 0 Å². The molecular weight excluding hydrogens is 372 g/mol. The fourth-order valence-electron chi connectivity index (χ4n) is 3.41. The highest BCUT2D eigenvalue weighted by Crippen LogP contribution is 2.38. The first-order valence-electron chi connectivity index (χ1n) is 8.90. The number of aliphatic hydroxyl groups is 1. The SMILES string of the molecule is CC(O)c1cc2c(-c3ccnn3C)cc(-c3cnc4nn(C)cc4c3)nc2s1. The van der Waals surface area contributed by atoms with Crippen molar-refractivity contribution >= 4 is 32.6 Å². The van der Waals surface area contributed by atoms with Gasteiger partial charge < -0.3 is 5.11 Å². The third-order valence-electron chi connectivity index (χ3n) is 4.80. The second-order valence-corrected chi connectivity index (χ2v) is 7.94. The quantitative estimate of drug-likeness (QED) is 0.508. The highest BCUT2D eigenvalue weighted by molar-refractivity contribution is 7.18. The summed E-state index contributed by atoms with van der Waals surface area (Å²) < 4.78 is 3.61. The number of pyridine rings is 2. The Labute approximate surface area is 164 Å². The first-order valence-corrected chi connectivity index (χ1v) is 9.72. The minimum atomic E-state index is -0.532. The Morgan fingerprint density at radius 3 is 2.79 bits per heavy atom. The second-order valence-electron chi connectivity index (χ2n) is 6.88. The number of aromatic nitrogens is 6. The van der Waals surface area contributed by atoms with Crippen LogP contribution in [0.15, 0.2) is 42.9 Å². The van der Waals surface area contributed by atoms with E-state index >= 15 is 0 Å². The molecule has 0 radical (unpaired) electrons. The summed E-state index contributed by atoms with van der Waals surface area (Å²) in [6, 6.07) is 8.13. The molecule has 0 saturated carbocycles. The normalized spacial score (nSPS) is 12.9. The Balaban J connectivity index is 1.77. The molecule has 5 rings (SSSR count). The van der Waals surface area contributed by atoms with E-state index in [2.05, 4.69) is 27.3 Å². The van der Waals surface area contributed by atoms with Gasteiger partial charge in [0.2, 0.25) is 0 Å². The highest BCUT2D eigenvalue weighted by atomic mass is 32.1. The van der Waals surface area contributed by atoms with E-state index in [0.29, 0.717) is 5.65 Å². The van der Waals surface area contributed by atoms with Crippen molar-refractivity contribution in [1.82, 2.24) is 29.5 Å². The fraction of sp³-hybridized carbons (Fsp3) is 0.200. The van der Waals surface area contributed by atoms with E-state index in [0.717, 1.165) is 43.0 Å². The number of thiophene rings is 1. The van der Waals surface area contributed by atoms with Crippen molar-refractivity contribution in [2.75, 3.05) is 0 Å². The van der Waals surface area contributed by atoms with Gasteiger partial charge in [0.25, 0.3) is 0 Å². The number of fused-ring (bicyclic) bond motifs is 2. The van der Waals surface area contributed by atoms with E-state index in [1.807, 2.05) is 37.1 Å². The fourth-order valence-corrected chi connectivity index (χ4v) is 4.40. The van der Waals surface area contributed by atoms with Crippen molar-refractivity contribution in [3.8, 4) is 22.5 Å². The van der Waals surface area contributed by atoms with Gasteiger partial charge in [0.1, 0.15) is 4.83 Å². The lowest BCUT2D eigenvalue weighted by molar-refractivity contribution is 0.203. The molecule has 0 aliphatic heterocycles. The summed E-state index contributed by atoms with van der Waals surface area (Å²) in [5.74, 6) is 0. The zero-order chi connectivity index (χ0) is 19.4. The lowest BCUT2D eigenvalue weighted by Crippen LogP contribution is -1.95. The summed E-state index contributed by atoms with van der Waals surface area (Å²) in [6.07, 6.45) is 5.00. The van der Waals surface area contributed by atoms with Crippen LogP contribution >= 0.6 is 11.3 Å². The van der Waals surface area contributed by atoms with Crippen molar-refractivity contribution in [3.05, 3.63) is 47.7 Å². The van der Waals surface area contributed by atoms with Crippen molar-refractivity contribution in [2.45, 2.75) is 13.0 Å². The van der Waals surface area contributed by atoms with Crippen LogP contribution in [-0.4, -0.2) is 34.6 Å². The molecule has 140 valence electrons. The summed E-state index contributed by atoms with van der Waals surface area (Å²) in [4.78, 5) is 11.1. The maximum atomic E-state index is 10.1. The number of rotatable bonds is 3. The standard InChI is InChI=1S/C20H18N6OS/c1-11(27)18-8-15-14(17-4-5-22-26(17)3)7-16(23-20(15)28-18)12-6-13-10-25(2)24-19(13)21-9-12/h4-11,27H,1-3H3. The predicted octanol–water partition coefficient (Wildman–Crippen LogP) is 3.70. The molecule has 0 spiro atoms. The van der Waals surface area contributed by atoms with Crippen LogP contribution < -0.4 is 0 Å². The topological polar surface area (TPSA) is 81.7 Å². The Bertz CT molecular complexity index is 1330. The first kappa shape index (κ1) is 17.0. The zero-order valence-corrected chi connectivity index (χ0v) is 16.5. The molecule has 0 aromatic carbocycles. The summed E-state index contributed by atoms with van der Waals surface area (Å²) in [7, 11) is 3.81. The molecule has 28 heavy (non-hydrogen) atoms. The van der Waals surface area contributed by atoms with Gasteiger partial charge >= 0.3 is 0 Å². The van der Waals surface area contributed by atoms with E-state index in [1.165, 1.54) is 11.3 Å². The summed E-state index contributed by atoms with van der Waals surface area (Å²) in [5, 5.41) is 20.7. The van der Waals surface area contributed by atoms with Crippen LogP contribution in [0, 0.1) is 0 Å². The lowest BCUT2D eigenvalue weighted by Gasteiger charge is -2.08. The maximum Gasteiger partial charge on any atom is 0.181 e. The third-order valence-corrected chi connectivity index (χ3v) is 6.00. The van der Waals surface area contributed by atoms with Crippen LogP contribution in [0.25, 0.3) is 43.8 Å². The summed E-state index contributed by atoms with van der Waals surface area (Å²) >= 11 is 1.51. The van der Waals surface area contributed by atoms with Crippen LogP contribution in [0.1, 0.15) is 17.9 Å². The van der Waals surface area contributed by atoms with E-state index < -0.39 is 6.10 Å². The van der Waals surface area contributed by atoms with Crippen LogP contribution in [0.3, 0.4) is 0 Å². The lowest BCUT2D eigenvalue weighted by atomic mass is 10.0. The van der Waals surface area contributed by atoms with Gasteiger partial charge in [-0.1, -0.05) is 0 Å². The van der Waals surface area contributed by atoms with Gasteiger partial charge in [0.15, 0.2) is 5.65 Å². The van der Waals surface area contributed by atoms with Crippen LogP contribution in [0.5, 0.6) is 0 Å². The van der Waals surface area contributed by atoms with Crippen LogP contribution in [-0.2, 0) is 14.1 Å². The van der Waals surface area contributed by atoms with Gasteiger partial charge in [-0.3, -0.25) is 9.36 Å². The number of aryl methyl sites for hydroxylation is 2. The van der Waals surface area contributed by atoms with Gasteiger partial charge in [0.05, 0.1) is 17.5 Å². The number of hydrogen-bond acceptors (Lipinski definition) is 6. The Hall–Kier alpha value is -3.10. The van der Waals surface area contributed by atoms with Gasteiger partial charge in [-0.2, -0.15) is 10.2 Å². The molecule has 0 saturated heterocycles. The first-order chi connectivity index (χ1) is 13.5. The molecule has 0 aliphatic carbocycles. The summed E-state index contributed by atoms with van der Waals surface area (Å²) in [5.41, 5.74) is 4.51. The van der Waals surface area contributed by atoms with Crippen molar-refractivity contribution in [1.29, 1.82) is 0 Å². The number of hydrogen-bond donors (Lipinski definition) is 1. The van der Waals surface area contributed by atoms with Crippen molar-refractivity contribution in [2.24, 2.45) is 14.1 Å². The highest BCUT2D eigenvalue weighted by Gasteiger charge is 2.17. The molecule has 5 aromatic rings. The molecule has 0 aliphatic rings. The number of aliphatic hydroxyl groups excluding tert-OH is 1. The molecule has 7 nitrogen and oxygen atoms in total. The molecule has 8 heteroatoms. The second kappa shape index (κ2) is 6.22. The Morgan fingerprint density at radius 1 is 1.18 bits per heavy atom. The molecule has 1 N–H and O–H groups in total. The van der Waals surface area contributed by atoms with E-state index in [4.69, 9.17) is 4.98 Å². The minimum Gasteiger partial charge on any atom is -0.388 e. The minimum absolute atomic E-state index is 0.532. The zero-order valence-electron chi connectivity index (χ0n) is 15.7. The average molecular weight is 390 g/mol. The average Bonchev–Trinajstić information content (AvgIpc) is 3.36. The van der Waals surface area contributed by atoms with E-state index in [1.54, 1.807) is 24.0 Å². The molecule has 5 heterocycles. The molecule has 0 fully saturated rings. The molecule has 0 amide bonds. The molecule has 1 unspecified atom stereocenters. The summed E-state index contributed by atoms with van der Waals surface area (Å²) in [6.45, 7) is 1.77. The Kier molecular flexibility index (Phi) is 3.78. The molecule has 0 bridgehead atoms. The van der Waals surface area contributed by atoms with Crippen LogP contribution in [0.2, 0.25) is 0 Å². The monoisotopic (exact) mass is 390 g/mol. The maximum absolute atomic E-state index is 10.1. The third kappa shape index (κ3) is 2.69. The largest absolute Gasteiger partial charge is 0.388 e. The van der Waals surface area contributed by atoms with Gasteiger partial charge in [-0.15, -0.1) is 11.3 Å². The Morgan fingerprint density at radius 2 is 2.04 bits per heavy atom. The van der Waals surface area contributed by atoms with Crippen LogP contribution in [0.4, 0.5) is 0 Å². The molecular formula is C20H18N6OS. The smallest absolute Gasteiger partial charge is 0.181 e. The van der Waals surface area contributed by atoms with Crippen molar-refractivity contribution in [3.63, 3.8) is 0 Å². The molecule has 5 aromatic heterocycles. The van der Waals surface area contributed by atoms with E-state index in [9.17, 15) is 5.11 Å². The van der Waals surface area contributed by atoms with Crippen molar-refractivity contribution < 1.29 is 5.11 Å². The molecule has 1 atom stereocenters. The predicted molar refractivity (Wildman–Crippen MR) is 110 cm³/mol. The number of nitrogens with zero attached hydrogens (tertiary/aromatic N) is 6.